The van der Waals surface area contributed by atoms with E-state index in [0.29, 0.717) is 11.4 Å². The third-order valence-corrected chi connectivity index (χ3v) is 5.44. The van der Waals surface area contributed by atoms with Crippen LogP contribution in [0.15, 0.2) is 59.4 Å². The first kappa shape index (κ1) is 19.6. The molecule has 2 amide bonds. The molecule has 0 saturated carbocycles. The Balaban J connectivity index is 1.58. The van der Waals surface area contributed by atoms with E-state index in [9.17, 15) is 18.8 Å². The summed E-state index contributed by atoms with van der Waals surface area (Å²) >= 11 is 0. The molecule has 2 aromatic carbocycles. The summed E-state index contributed by atoms with van der Waals surface area (Å²) in [6.07, 6.45) is -0.0427. The fourth-order valence-corrected chi connectivity index (χ4v) is 3.72. The Labute approximate surface area is 172 Å². The van der Waals surface area contributed by atoms with Gasteiger partial charge in [0.2, 0.25) is 11.8 Å². The van der Waals surface area contributed by atoms with Crippen LogP contribution in [0.4, 0.5) is 15.8 Å². The smallest absolute Gasteiger partial charge is 0.295 e. The average Bonchev–Trinajstić information content (AvgIpc) is 3.22. The first-order valence-corrected chi connectivity index (χ1v) is 9.58. The highest BCUT2D eigenvalue weighted by atomic mass is 19.1. The third-order valence-electron chi connectivity index (χ3n) is 5.44. The summed E-state index contributed by atoms with van der Waals surface area (Å²) in [7, 11) is 1.73. The lowest BCUT2D eigenvalue weighted by atomic mass is 10.1. The van der Waals surface area contributed by atoms with E-state index in [1.54, 1.807) is 42.9 Å². The Morgan fingerprint density at radius 2 is 1.73 bits per heavy atom. The number of nitrogens with one attached hydrogen (secondary N) is 1. The summed E-state index contributed by atoms with van der Waals surface area (Å²) in [5.41, 5.74) is 1.23. The van der Waals surface area contributed by atoms with Crippen molar-refractivity contribution in [1.29, 1.82) is 0 Å². The monoisotopic (exact) mass is 408 g/mol. The fraction of sp³-hybridized carbons (Fsp3) is 0.227. The number of carbonyl (C=O) groups excluding carboxylic acids is 2. The summed E-state index contributed by atoms with van der Waals surface area (Å²) in [5.74, 6) is -1.96. The van der Waals surface area contributed by atoms with Gasteiger partial charge in [0.25, 0.3) is 5.56 Å². The number of hydrogen-bond donors (Lipinski definition) is 1. The van der Waals surface area contributed by atoms with Gasteiger partial charge in [0, 0.05) is 20.0 Å². The molecule has 30 heavy (non-hydrogen) atoms. The second-order valence-corrected chi connectivity index (χ2v) is 7.28. The minimum Gasteiger partial charge on any atom is -0.320 e. The van der Waals surface area contributed by atoms with Crippen LogP contribution in [-0.2, 0) is 16.6 Å². The van der Waals surface area contributed by atoms with E-state index in [-0.39, 0.29) is 35.8 Å². The van der Waals surface area contributed by atoms with Gasteiger partial charge >= 0.3 is 0 Å². The van der Waals surface area contributed by atoms with E-state index in [1.165, 1.54) is 21.7 Å². The lowest BCUT2D eigenvalue weighted by Crippen LogP contribution is -2.30. The number of rotatable bonds is 4. The van der Waals surface area contributed by atoms with Crippen LogP contribution in [0.2, 0.25) is 0 Å². The number of halogens is 1. The quantitative estimate of drug-likeness (QED) is 0.721. The SMILES string of the molecule is Cc1c(NC(=O)C2CC(=O)N(c3ccccc3F)C2)c(=O)n(-c2ccccc2)n1C. The van der Waals surface area contributed by atoms with Gasteiger partial charge in [-0.25, -0.2) is 9.07 Å². The summed E-state index contributed by atoms with van der Waals surface area (Å²) in [5, 5.41) is 2.69. The lowest BCUT2D eigenvalue weighted by Gasteiger charge is -2.17. The predicted molar refractivity (Wildman–Crippen MR) is 111 cm³/mol. The van der Waals surface area contributed by atoms with Gasteiger partial charge in [-0.15, -0.1) is 0 Å². The van der Waals surface area contributed by atoms with Gasteiger partial charge in [-0.2, -0.15) is 0 Å². The standard InChI is InChI=1S/C22H21FN4O3/c1-14-20(22(30)27(25(14)2)16-8-4-3-5-9-16)24-21(29)15-12-19(28)26(13-15)18-11-7-6-10-17(18)23/h3-11,15H,12-13H2,1-2H3,(H,24,29). The highest BCUT2D eigenvalue weighted by Crippen LogP contribution is 2.28. The molecule has 1 aliphatic heterocycles. The first-order chi connectivity index (χ1) is 14.4. The molecule has 0 bridgehead atoms. The number of aromatic nitrogens is 2. The van der Waals surface area contributed by atoms with Crippen molar-refractivity contribution in [2.24, 2.45) is 13.0 Å². The molecule has 1 atom stereocenters. The molecule has 0 spiro atoms. The van der Waals surface area contributed by atoms with E-state index >= 15 is 0 Å². The fourth-order valence-electron chi connectivity index (χ4n) is 3.72. The zero-order valence-corrected chi connectivity index (χ0v) is 16.6. The van der Waals surface area contributed by atoms with Gasteiger partial charge in [-0.3, -0.25) is 19.1 Å². The molecule has 1 unspecified atom stereocenters. The molecular formula is C22H21FN4O3. The maximum Gasteiger partial charge on any atom is 0.295 e. The Morgan fingerprint density at radius 1 is 1.07 bits per heavy atom. The Morgan fingerprint density at radius 3 is 2.43 bits per heavy atom. The molecule has 4 rings (SSSR count). The molecule has 2 heterocycles. The van der Waals surface area contributed by atoms with E-state index in [0.717, 1.165) is 0 Å². The summed E-state index contributed by atoms with van der Waals surface area (Å²) in [6, 6.07) is 15.1. The topological polar surface area (TPSA) is 76.3 Å². The second kappa shape index (κ2) is 7.62. The van der Waals surface area contributed by atoms with Crippen LogP contribution >= 0.6 is 0 Å². The van der Waals surface area contributed by atoms with E-state index in [4.69, 9.17) is 0 Å². The number of para-hydroxylation sites is 2. The maximum atomic E-state index is 14.1. The maximum absolute atomic E-state index is 14.1. The van der Waals surface area contributed by atoms with Crippen molar-refractivity contribution >= 4 is 23.2 Å². The molecule has 154 valence electrons. The molecule has 3 aromatic rings. The van der Waals surface area contributed by atoms with Gasteiger partial charge in [-0.05, 0) is 31.2 Å². The summed E-state index contributed by atoms with van der Waals surface area (Å²) in [4.78, 5) is 39.5. The number of benzene rings is 2. The molecule has 0 radical (unpaired) electrons. The van der Waals surface area contributed by atoms with Crippen LogP contribution in [0.25, 0.3) is 5.69 Å². The first-order valence-electron chi connectivity index (χ1n) is 9.58. The van der Waals surface area contributed by atoms with Gasteiger partial charge < -0.3 is 10.2 Å². The second-order valence-electron chi connectivity index (χ2n) is 7.28. The number of nitrogens with zero attached hydrogens (tertiary/aromatic N) is 3. The summed E-state index contributed by atoms with van der Waals surface area (Å²) < 4.78 is 17.2. The largest absolute Gasteiger partial charge is 0.320 e. The Bertz CT molecular complexity index is 1180. The molecule has 8 heteroatoms. The van der Waals surface area contributed by atoms with Crippen LogP contribution in [0.3, 0.4) is 0 Å². The number of hydrogen-bond acceptors (Lipinski definition) is 3. The molecule has 1 aromatic heterocycles. The van der Waals surface area contributed by atoms with Crippen molar-refractivity contribution in [3.63, 3.8) is 0 Å². The third kappa shape index (κ3) is 3.30. The van der Waals surface area contributed by atoms with Crippen LogP contribution < -0.4 is 15.8 Å². The van der Waals surface area contributed by atoms with E-state index in [2.05, 4.69) is 5.32 Å². The number of amides is 2. The van der Waals surface area contributed by atoms with Crippen molar-refractivity contribution < 1.29 is 14.0 Å². The predicted octanol–water partition coefficient (Wildman–Crippen LogP) is 2.62. The normalized spacial score (nSPS) is 16.2. The van der Waals surface area contributed by atoms with Crippen molar-refractivity contribution in [3.05, 3.63) is 76.5 Å². The molecule has 0 aliphatic carbocycles. The van der Waals surface area contributed by atoms with Crippen molar-refractivity contribution in [2.75, 3.05) is 16.8 Å². The zero-order valence-electron chi connectivity index (χ0n) is 16.6. The molecule has 7 nitrogen and oxygen atoms in total. The number of carbonyl (C=O) groups is 2. The molecular weight excluding hydrogens is 387 g/mol. The molecule has 1 fully saturated rings. The van der Waals surface area contributed by atoms with Crippen LogP contribution in [0.1, 0.15) is 12.1 Å². The Hall–Kier alpha value is -3.68. The Kier molecular flexibility index (Phi) is 4.99. The number of anilines is 2. The van der Waals surface area contributed by atoms with E-state index < -0.39 is 17.6 Å². The van der Waals surface area contributed by atoms with Gasteiger partial charge in [-0.1, -0.05) is 30.3 Å². The lowest BCUT2D eigenvalue weighted by molar-refractivity contribution is -0.122. The van der Waals surface area contributed by atoms with Crippen LogP contribution in [0, 0.1) is 18.7 Å². The molecule has 1 N–H and O–H groups in total. The average molecular weight is 408 g/mol. The minimum absolute atomic E-state index is 0.0427. The van der Waals surface area contributed by atoms with Crippen molar-refractivity contribution in [2.45, 2.75) is 13.3 Å². The van der Waals surface area contributed by atoms with Crippen LogP contribution in [0.5, 0.6) is 0 Å². The van der Waals surface area contributed by atoms with Crippen molar-refractivity contribution in [1.82, 2.24) is 9.36 Å². The highest BCUT2D eigenvalue weighted by Gasteiger charge is 2.36. The van der Waals surface area contributed by atoms with Gasteiger partial charge in [0.05, 0.1) is 23.0 Å². The van der Waals surface area contributed by atoms with Crippen molar-refractivity contribution in [3.8, 4) is 5.69 Å². The molecule has 1 aliphatic rings. The van der Waals surface area contributed by atoms with Crippen LogP contribution in [-0.4, -0.2) is 27.7 Å². The van der Waals surface area contributed by atoms with E-state index in [1.807, 2.05) is 18.2 Å². The summed E-state index contributed by atoms with van der Waals surface area (Å²) in [6.45, 7) is 1.80. The van der Waals surface area contributed by atoms with Gasteiger partial charge in [0.1, 0.15) is 11.5 Å². The minimum atomic E-state index is -0.679. The van der Waals surface area contributed by atoms with Gasteiger partial charge in [0.15, 0.2) is 0 Å². The highest BCUT2D eigenvalue weighted by molar-refractivity contribution is 6.03. The molecule has 1 saturated heterocycles. The zero-order chi connectivity index (χ0) is 21.4.